The molecule has 4 rings (SSSR count). The summed E-state index contributed by atoms with van der Waals surface area (Å²) in [5, 5.41) is 10.1. The third-order valence-electron chi connectivity index (χ3n) is 8.71. The quantitative estimate of drug-likeness (QED) is 0.386. The number of benzene rings is 1. The first-order valence-electron chi connectivity index (χ1n) is 14.3. The average molecular weight is 570 g/mol. The summed E-state index contributed by atoms with van der Waals surface area (Å²) in [5.41, 5.74) is 0.707. The number of fused-ring (bicyclic) bond motifs is 1. The van der Waals surface area contributed by atoms with E-state index in [-0.39, 0.29) is 41.5 Å². The molecule has 2 bridgehead atoms. The van der Waals surface area contributed by atoms with Gasteiger partial charge >= 0.3 is 0 Å². The smallest absolute Gasteiger partial charge is 0.247 e. The zero-order valence-electron chi connectivity index (χ0n) is 24.3. The maximum absolute atomic E-state index is 14.4. The molecule has 1 aromatic carbocycles. The van der Waals surface area contributed by atoms with Crippen molar-refractivity contribution in [2.75, 3.05) is 31.2 Å². The number of anilines is 1. The molecule has 3 unspecified atom stereocenters. The number of aliphatic hydroxyl groups excluding tert-OH is 1. The summed E-state index contributed by atoms with van der Waals surface area (Å²) in [6, 6.07) is 5.95. The Bertz CT molecular complexity index is 1140. The first kappa shape index (κ1) is 30.2. The van der Waals surface area contributed by atoms with Crippen molar-refractivity contribution in [2.24, 2.45) is 17.8 Å². The number of aliphatic hydroxyl groups is 1. The Labute approximate surface area is 242 Å². The lowest BCUT2D eigenvalue weighted by atomic mass is 9.65. The SMILES string of the molecule is C=CCN(C(=O)[C@@H]1[C@@H]2CC(C)C3(S2)C(C(=O)N(CC=C)C(C)C)N([C@H](C)CO)C(=O)[C@H]13)c1ccc(OCC)cc1. The maximum Gasteiger partial charge on any atom is 0.247 e. The highest BCUT2D eigenvalue weighted by Crippen LogP contribution is 2.69. The van der Waals surface area contributed by atoms with Gasteiger partial charge in [-0.05, 0) is 64.3 Å². The van der Waals surface area contributed by atoms with Gasteiger partial charge in [-0.25, -0.2) is 0 Å². The molecule has 3 amide bonds. The van der Waals surface area contributed by atoms with E-state index in [2.05, 4.69) is 20.1 Å². The number of nitrogens with zero attached hydrogens (tertiary/aromatic N) is 3. The van der Waals surface area contributed by atoms with E-state index in [4.69, 9.17) is 4.74 Å². The molecule has 3 heterocycles. The maximum atomic E-state index is 14.4. The van der Waals surface area contributed by atoms with Gasteiger partial charge in [-0.3, -0.25) is 14.4 Å². The Kier molecular flexibility index (Phi) is 9.05. The Morgan fingerprint density at radius 2 is 1.82 bits per heavy atom. The molecule has 3 fully saturated rings. The Morgan fingerprint density at radius 3 is 2.38 bits per heavy atom. The zero-order chi connectivity index (χ0) is 29.4. The molecule has 8 nitrogen and oxygen atoms in total. The molecular weight excluding hydrogens is 526 g/mol. The molecule has 3 saturated heterocycles. The molecule has 0 aromatic heterocycles. The number of carbonyl (C=O) groups excluding carboxylic acids is 3. The number of ether oxygens (including phenoxy) is 1. The lowest BCUT2D eigenvalue weighted by molar-refractivity contribution is -0.146. The van der Waals surface area contributed by atoms with E-state index >= 15 is 0 Å². The normalized spacial score (nSPS) is 29.3. The molecule has 218 valence electrons. The van der Waals surface area contributed by atoms with Gasteiger partial charge in [0.1, 0.15) is 11.8 Å². The third-order valence-corrected chi connectivity index (χ3v) is 10.8. The minimum atomic E-state index is -0.768. The fourth-order valence-electron chi connectivity index (χ4n) is 6.96. The number of carbonyl (C=O) groups is 3. The van der Waals surface area contributed by atoms with Gasteiger partial charge in [0.15, 0.2) is 0 Å². The summed E-state index contributed by atoms with van der Waals surface area (Å²) in [6.45, 7) is 18.3. The summed E-state index contributed by atoms with van der Waals surface area (Å²) in [5.74, 6) is -0.976. The van der Waals surface area contributed by atoms with Crippen LogP contribution in [0.15, 0.2) is 49.6 Å². The molecular formula is C31H43N3O5S. The minimum absolute atomic E-state index is 0.0430. The van der Waals surface area contributed by atoms with E-state index in [0.29, 0.717) is 25.4 Å². The van der Waals surface area contributed by atoms with Crippen molar-refractivity contribution in [2.45, 2.75) is 69.2 Å². The van der Waals surface area contributed by atoms with Crippen LogP contribution in [0.3, 0.4) is 0 Å². The molecule has 1 N–H and O–H groups in total. The molecule has 0 aliphatic carbocycles. The van der Waals surface area contributed by atoms with Crippen LogP contribution >= 0.6 is 11.8 Å². The van der Waals surface area contributed by atoms with Crippen LogP contribution in [0, 0.1) is 17.8 Å². The zero-order valence-corrected chi connectivity index (χ0v) is 25.1. The molecule has 3 aliphatic heterocycles. The third kappa shape index (κ3) is 4.75. The molecule has 40 heavy (non-hydrogen) atoms. The first-order valence-corrected chi connectivity index (χ1v) is 15.1. The van der Waals surface area contributed by atoms with Gasteiger partial charge in [-0.2, -0.15) is 0 Å². The highest BCUT2D eigenvalue weighted by Gasteiger charge is 2.76. The molecule has 0 radical (unpaired) electrons. The van der Waals surface area contributed by atoms with Crippen LogP contribution in [-0.2, 0) is 14.4 Å². The van der Waals surface area contributed by atoms with Crippen molar-refractivity contribution < 1.29 is 24.2 Å². The minimum Gasteiger partial charge on any atom is -0.494 e. The van der Waals surface area contributed by atoms with Crippen LogP contribution in [-0.4, -0.2) is 87.1 Å². The van der Waals surface area contributed by atoms with E-state index < -0.39 is 28.7 Å². The molecule has 9 heteroatoms. The van der Waals surface area contributed by atoms with E-state index in [1.165, 1.54) is 0 Å². The van der Waals surface area contributed by atoms with Crippen LogP contribution in [0.1, 0.15) is 41.0 Å². The predicted octanol–water partition coefficient (Wildman–Crippen LogP) is 3.75. The Hall–Kier alpha value is -2.78. The van der Waals surface area contributed by atoms with E-state index in [1.54, 1.807) is 45.5 Å². The van der Waals surface area contributed by atoms with Crippen molar-refractivity contribution in [3.63, 3.8) is 0 Å². The van der Waals surface area contributed by atoms with Crippen molar-refractivity contribution in [3.05, 3.63) is 49.6 Å². The Morgan fingerprint density at radius 1 is 1.18 bits per heavy atom. The van der Waals surface area contributed by atoms with Gasteiger partial charge in [-0.15, -0.1) is 24.9 Å². The Balaban J connectivity index is 1.78. The van der Waals surface area contributed by atoms with Crippen LogP contribution in [0.4, 0.5) is 5.69 Å². The number of amides is 3. The van der Waals surface area contributed by atoms with Gasteiger partial charge in [0.2, 0.25) is 17.7 Å². The largest absolute Gasteiger partial charge is 0.494 e. The molecule has 0 saturated carbocycles. The predicted molar refractivity (Wildman–Crippen MR) is 159 cm³/mol. The van der Waals surface area contributed by atoms with Crippen molar-refractivity contribution in [1.82, 2.24) is 9.80 Å². The van der Waals surface area contributed by atoms with Crippen LogP contribution < -0.4 is 9.64 Å². The second kappa shape index (κ2) is 12.0. The van der Waals surface area contributed by atoms with Gasteiger partial charge in [0.05, 0.1) is 35.8 Å². The summed E-state index contributed by atoms with van der Waals surface area (Å²) >= 11 is 1.64. The topological polar surface area (TPSA) is 90.4 Å². The number of likely N-dealkylation sites (tertiary alicyclic amines) is 1. The summed E-state index contributed by atoms with van der Waals surface area (Å²) < 4.78 is 4.82. The van der Waals surface area contributed by atoms with E-state index in [0.717, 1.165) is 12.2 Å². The van der Waals surface area contributed by atoms with Crippen molar-refractivity contribution in [3.8, 4) is 5.75 Å². The lowest BCUT2D eigenvalue weighted by Crippen LogP contribution is -2.60. The highest BCUT2D eigenvalue weighted by atomic mass is 32.2. The van der Waals surface area contributed by atoms with E-state index in [9.17, 15) is 19.5 Å². The van der Waals surface area contributed by atoms with Crippen LogP contribution in [0.5, 0.6) is 5.75 Å². The lowest BCUT2D eigenvalue weighted by Gasteiger charge is -2.42. The van der Waals surface area contributed by atoms with Gasteiger partial charge in [0.25, 0.3) is 0 Å². The van der Waals surface area contributed by atoms with E-state index in [1.807, 2.05) is 45.0 Å². The molecule has 1 aromatic rings. The van der Waals surface area contributed by atoms with Gasteiger partial charge in [-0.1, -0.05) is 19.1 Å². The van der Waals surface area contributed by atoms with Crippen LogP contribution in [0.25, 0.3) is 0 Å². The fourth-order valence-corrected chi connectivity index (χ4v) is 9.35. The number of hydrogen-bond donors (Lipinski definition) is 1. The highest BCUT2D eigenvalue weighted by molar-refractivity contribution is 8.02. The standard InChI is InChI=1S/C31H43N3O5S/c1-8-15-32(19(4)5)30(38)27-31-20(6)17-24(40-31)25(26(31)29(37)34(27)21(7)18-35)28(36)33(16-9-2)22-11-13-23(14-12-22)39-10-3/h8-9,11-14,19-21,24-27,35H,1-2,10,15-18H2,3-7H3/t20?,21-,24+,25-,26+,27?,31?/m1/s1. The fraction of sp³-hybridized carbons (Fsp3) is 0.581. The summed E-state index contributed by atoms with van der Waals surface area (Å²) in [6.07, 6.45) is 4.12. The number of hydrogen-bond acceptors (Lipinski definition) is 6. The number of rotatable bonds is 12. The number of thioether (sulfide) groups is 1. The first-order chi connectivity index (χ1) is 19.1. The second-order valence-corrected chi connectivity index (χ2v) is 12.9. The summed E-state index contributed by atoms with van der Waals surface area (Å²) in [7, 11) is 0. The molecule has 3 aliphatic rings. The summed E-state index contributed by atoms with van der Waals surface area (Å²) in [4.78, 5) is 48.1. The van der Waals surface area contributed by atoms with Crippen LogP contribution in [0.2, 0.25) is 0 Å². The van der Waals surface area contributed by atoms with Gasteiger partial charge in [0, 0.05) is 30.1 Å². The van der Waals surface area contributed by atoms with Crippen molar-refractivity contribution in [1.29, 1.82) is 0 Å². The second-order valence-electron chi connectivity index (χ2n) is 11.4. The van der Waals surface area contributed by atoms with Crippen molar-refractivity contribution >= 4 is 35.2 Å². The van der Waals surface area contributed by atoms with Gasteiger partial charge < -0.3 is 24.5 Å². The molecule has 1 spiro atoms. The monoisotopic (exact) mass is 569 g/mol. The average Bonchev–Trinajstić information content (AvgIpc) is 3.53. The molecule has 7 atom stereocenters.